The number of rotatable bonds is 1. The molecular formula is C11H14BrNO3. The fourth-order valence-electron chi connectivity index (χ4n) is 1.93. The first kappa shape index (κ1) is 11.7. The van der Waals surface area contributed by atoms with Crippen molar-refractivity contribution < 1.29 is 13.9 Å². The van der Waals surface area contributed by atoms with Crippen LogP contribution in [0.5, 0.6) is 0 Å². The SMILES string of the molecule is C[C@H]1CN(C(=O)c2ccc(Br)o2)C[C@H](C)O1. The van der Waals surface area contributed by atoms with Gasteiger partial charge in [0.25, 0.3) is 5.91 Å². The van der Waals surface area contributed by atoms with Crippen molar-refractivity contribution in [1.82, 2.24) is 4.90 Å². The van der Waals surface area contributed by atoms with Gasteiger partial charge in [-0.25, -0.2) is 0 Å². The number of carbonyl (C=O) groups is 1. The Hall–Kier alpha value is -0.810. The zero-order valence-electron chi connectivity index (χ0n) is 9.27. The number of carbonyl (C=O) groups excluding carboxylic acids is 1. The Bertz CT molecular complexity index is 380. The molecule has 0 unspecified atom stereocenters. The molecule has 0 aliphatic carbocycles. The molecule has 0 N–H and O–H groups in total. The van der Waals surface area contributed by atoms with E-state index < -0.39 is 0 Å². The highest BCUT2D eigenvalue weighted by Gasteiger charge is 2.27. The van der Waals surface area contributed by atoms with E-state index in [1.54, 1.807) is 17.0 Å². The van der Waals surface area contributed by atoms with Crippen molar-refractivity contribution in [3.05, 3.63) is 22.6 Å². The standard InChI is InChI=1S/C11H14BrNO3/c1-7-5-13(6-8(2)15-7)11(14)9-3-4-10(12)16-9/h3-4,7-8H,5-6H2,1-2H3/t7-,8-/m0/s1. The highest BCUT2D eigenvalue weighted by molar-refractivity contribution is 9.10. The minimum atomic E-state index is -0.0762. The number of hydrogen-bond acceptors (Lipinski definition) is 3. The van der Waals surface area contributed by atoms with Crippen LogP contribution in [0.15, 0.2) is 21.2 Å². The van der Waals surface area contributed by atoms with Crippen LogP contribution in [0.2, 0.25) is 0 Å². The van der Waals surface area contributed by atoms with E-state index in [9.17, 15) is 4.79 Å². The molecule has 0 bridgehead atoms. The average Bonchev–Trinajstić information content (AvgIpc) is 2.62. The van der Waals surface area contributed by atoms with Crippen LogP contribution in [-0.2, 0) is 4.74 Å². The summed E-state index contributed by atoms with van der Waals surface area (Å²) in [4.78, 5) is 13.8. The smallest absolute Gasteiger partial charge is 0.289 e. The third-order valence-corrected chi connectivity index (χ3v) is 2.92. The number of halogens is 1. The Morgan fingerprint density at radius 3 is 2.50 bits per heavy atom. The van der Waals surface area contributed by atoms with Crippen LogP contribution in [0.3, 0.4) is 0 Å². The molecule has 88 valence electrons. The van der Waals surface area contributed by atoms with E-state index in [4.69, 9.17) is 9.15 Å². The molecular weight excluding hydrogens is 274 g/mol. The van der Waals surface area contributed by atoms with Gasteiger partial charge < -0.3 is 14.1 Å². The maximum atomic E-state index is 12.1. The van der Waals surface area contributed by atoms with Gasteiger partial charge in [-0.2, -0.15) is 0 Å². The van der Waals surface area contributed by atoms with Gasteiger partial charge in [-0.1, -0.05) is 0 Å². The van der Waals surface area contributed by atoms with Crippen LogP contribution >= 0.6 is 15.9 Å². The Labute approximate surface area is 103 Å². The number of furan rings is 1. The first-order valence-corrected chi connectivity index (χ1v) is 6.05. The summed E-state index contributed by atoms with van der Waals surface area (Å²) in [6, 6.07) is 3.40. The third-order valence-electron chi connectivity index (χ3n) is 2.49. The van der Waals surface area contributed by atoms with Crippen LogP contribution in [0.1, 0.15) is 24.4 Å². The molecule has 0 spiro atoms. The maximum Gasteiger partial charge on any atom is 0.289 e. The van der Waals surface area contributed by atoms with E-state index in [0.29, 0.717) is 23.5 Å². The van der Waals surface area contributed by atoms with E-state index in [1.165, 1.54) is 0 Å². The normalized spacial score (nSPS) is 25.8. The minimum Gasteiger partial charge on any atom is -0.444 e. The predicted octanol–water partition coefficient (Wildman–Crippen LogP) is 2.29. The van der Waals surface area contributed by atoms with Crippen molar-refractivity contribution >= 4 is 21.8 Å². The summed E-state index contributed by atoms with van der Waals surface area (Å²) in [5.41, 5.74) is 0. The molecule has 1 saturated heterocycles. The molecule has 4 nitrogen and oxygen atoms in total. The summed E-state index contributed by atoms with van der Waals surface area (Å²) in [6.45, 7) is 5.16. The third kappa shape index (κ3) is 2.47. The molecule has 1 aromatic rings. The highest BCUT2D eigenvalue weighted by Crippen LogP contribution is 2.18. The van der Waals surface area contributed by atoms with E-state index in [2.05, 4.69) is 15.9 Å². The van der Waals surface area contributed by atoms with Crippen LogP contribution in [0, 0.1) is 0 Å². The van der Waals surface area contributed by atoms with Crippen LogP contribution in [-0.4, -0.2) is 36.1 Å². The molecule has 5 heteroatoms. The Morgan fingerprint density at radius 2 is 2.00 bits per heavy atom. The van der Waals surface area contributed by atoms with Gasteiger partial charge in [-0.15, -0.1) is 0 Å². The van der Waals surface area contributed by atoms with Crippen molar-refractivity contribution in [2.75, 3.05) is 13.1 Å². The maximum absolute atomic E-state index is 12.1. The van der Waals surface area contributed by atoms with Gasteiger partial charge in [-0.3, -0.25) is 4.79 Å². The minimum absolute atomic E-state index is 0.0751. The van der Waals surface area contributed by atoms with Crippen LogP contribution in [0.25, 0.3) is 0 Å². The molecule has 16 heavy (non-hydrogen) atoms. The molecule has 0 saturated carbocycles. The highest BCUT2D eigenvalue weighted by atomic mass is 79.9. The molecule has 1 aliphatic heterocycles. The van der Waals surface area contributed by atoms with Gasteiger partial charge in [-0.05, 0) is 41.9 Å². The van der Waals surface area contributed by atoms with E-state index in [-0.39, 0.29) is 18.1 Å². The fraction of sp³-hybridized carbons (Fsp3) is 0.545. The lowest BCUT2D eigenvalue weighted by Crippen LogP contribution is -2.48. The lowest BCUT2D eigenvalue weighted by atomic mass is 10.2. The molecule has 1 aliphatic rings. The van der Waals surface area contributed by atoms with E-state index in [0.717, 1.165) is 0 Å². The van der Waals surface area contributed by atoms with Crippen LogP contribution in [0.4, 0.5) is 0 Å². The molecule has 2 rings (SSSR count). The first-order valence-electron chi connectivity index (χ1n) is 5.26. The van der Waals surface area contributed by atoms with Gasteiger partial charge in [0.05, 0.1) is 12.2 Å². The molecule has 1 aromatic heterocycles. The number of nitrogens with zero attached hydrogens (tertiary/aromatic N) is 1. The molecule has 1 amide bonds. The number of hydrogen-bond donors (Lipinski definition) is 0. The Morgan fingerprint density at radius 1 is 1.38 bits per heavy atom. The molecule has 2 atom stereocenters. The molecule has 0 aromatic carbocycles. The largest absolute Gasteiger partial charge is 0.444 e. The average molecular weight is 288 g/mol. The first-order chi connectivity index (χ1) is 7.56. The van der Waals surface area contributed by atoms with Crippen molar-refractivity contribution in [3.8, 4) is 0 Å². The van der Waals surface area contributed by atoms with E-state index >= 15 is 0 Å². The lowest BCUT2D eigenvalue weighted by Gasteiger charge is -2.34. The van der Waals surface area contributed by atoms with Gasteiger partial charge in [0, 0.05) is 13.1 Å². The number of morpholine rings is 1. The van der Waals surface area contributed by atoms with Crippen molar-refractivity contribution in [2.24, 2.45) is 0 Å². The molecule has 1 fully saturated rings. The Balaban J connectivity index is 2.09. The summed E-state index contributed by atoms with van der Waals surface area (Å²) in [5.74, 6) is 0.292. The predicted molar refractivity (Wildman–Crippen MR) is 62.3 cm³/mol. The van der Waals surface area contributed by atoms with Gasteiger partial charge in [0.1, 0.15) is 0 Å². The van der Waals surface area contributed by atoms with Gasteiger partial charge in [0.2, 0.25) is 0 Å². The van der Waals surface area contributed by atoms with Gasteiger partial charge in [0.15, 0.2) is 10.4 Å². The van der Waals surface area contributed by atoms with Crippen LogP contribution < -0.4 is 0 Å². The van der Waals surface area contributed by atoms with Crippen molar-refractivity contribution in [2.45, 2.75) is 26.1 Å². The second-order valence-corrected chi connectivity index (χ2v) is 4.85. The number of amides is 1. The summed E-state index contributed by atoms with van der Waals surface area (Å²) < 4.78 is 11.4. The monoisotopic (exact) mass is 287 g/mol. The topological polar surface area (TPSA) is 42.7 Å². The second-order valence-electron chi connectivity index (χ2n) is 4.07. The summed E-state index contributed by atoms with van der Waals surface area (Å²) in [6.07, 6.45) is 0.150. The fourth-order valence-corrected chi connectivity index (χ4v) is 2.24. The zero-order valence-corrected chi connectivity index (χ0v) is 10.9. The van der Waals surface area contributed by atoms with Crippen molar-refractivity contribution in [1.29, 1.82) is 0 Å². The number of ether oxygens (including phenoxy) is 1. The second kappa shape index (κ2) is 4.59. The Kier molecular flexibility index (Phi) is 3.35. The zero-order chi connectivity index (χ0) is 11.7. The van der Waals surface area contributed by atoms with Crippen molar-refractivity contribution in [3.63, 3.8) is 0 Å². The summed E-state index contributed by atoms with van der Waals surface area (Å²) in [5, 5.41) is 0. The van der Waals surface area contributed by atoms with Gasteiger partial charge >= 0.3 is 0 Å². The summed E-state index contributed by atoms with van der Waals surface area (Å²) >= 11 is 3.19. The van der Waals surface area contributed by atoms with E-state index in [1.807, 2.05) is 13.8 Å². The lowest BCUT2D eigenvalue weighted by molar-refractivity contribution is -0.0592. The quantitative estimate of drug-likeness (QED) is 0.796. The summed E-state index contributed by atoms with van der Waals surface area (Å²) in [7, 11) is 0. The molecule has 0 radical (unpaired) electrons. The molecule has 2 heterocycles.